The second kappa shape index (κ2) is 7.48. The van der Waals surface area contributed by atoms with Crippen LogP contribution in [0.5, 0.6) is 0 Å². The monoisotopic (exact) mass is 385 g/mol. The van der Waals surface area contributed by atoms with E-state index >= 15 is 0 Å². The lowest BCUT2D eigenvalue weighted by molar-refractivity contribution is -0.113. The summed E-state index contributed by atoms with van der Waals surface area (Å²) in [4.78, 5) is 13.1. The third kappa shape index (κ3) is 3.74. The van der Waals surface area contributed by atoms with Gasteiger partial charge >= 0.3 is 0 Å². The third-order valence-corrected chi connectivity index (χ3v) is 4.94. The minimum Gasteiger partial charge on any atom is -0.351 e. The van der Waals surface area contributed by atoms with Crippen LogP contribution in [0.4, 0.5) is 5.69 Å². The van der Waals surface area contributed by atoms with Gasteiger partial charge in [-0.2, -0.15) is 0 Å². The lowest BCUT2D eigenvalue weighted by Gasteiger charge is -2.31. The molecule has 2 aromatic rings. The number of halogens is 1. The molecule has 3 N–H and O–H groups in total. The summed E-state index contributed by atoms with van der Waals surface area (Å²) in [5.41, 5.74) is 4.96. The Morgan fingerprint density at radius 1 is 1.15 bits per heavy atom. The lowest BCUT2D eigenvalue weighted by Crippen LogP contribution is -2.45. The number of hydrogen-bond donors (Lipinski definition) is 3. The maximum Gasteiger partial charge on any atom is 0.255 e. The molecule has 4 nitrogen and oxygen atoms in total. The highest BCUT2D eigenvalue weighted by molar-refractivity contribution is 7.80. The molecule has 0 unspecified atom stereocenters. The van der Waals surface area contributed by atoms with Crippen LogP contribution in [0.2, 0.25) is 5.02 Å². The van der Waals surface area contributed by atoms with Gasteiger partial charge in [-0.15, -0.1) is 0 Å². The summed E-state index contributed by atoms with van der Waals surface area (Å²) in [6.07, 6.45) is 0. The molecular formula is C20H20ClN3OS. The SMILES string of the molecule is CC1=C(C(=O)Nc2cc(C)ccc2C)[C@H](c2ccccc2Cl)NC(=S)N1. The molecule has 0 aliphatic carbocycles. The predicted octanol–water partition coefficient (Wildman–Crippen LogP) is 4.39. The molecule has 6 heteroatoms. The van der Waals surface area contributed by atoms with Gasteiger partial charge in [0.05, 0.1) is 11.6 Å². The van der Waals surface area contributed by atoms with Gasteiger partial charge < -0.3 is 16.0 Å². The summed E-state index contributed by atoms with van der Waals surface area (Å²) in [7, 11) is 0. The Hall–Kier alpha value is -2.37. The minimum absolute atomic E-state index is 0.191. The van der Waals surface area contributed by atoms with E-state index in [1.54, 1.807) is 6.07 Å². The molecule has 1 aliphatic rings. The second-order valence-corrected chi connectivity index (χ2v) is 7.18. The van der Waals surface area contributed by atoms with Crippen LogP contribution in [0.1, 0.15) is 29.7 Å². The molecular weight excluding hydrogens is 366 g/mol. The van der Waals surface area contributed by atoms with Gasteiger partial charge in [-0.1, -0.05) is 41.9 Å². The molecule has 1 heterocycles. The number of carbonyl (C=O) groups is 1. The second-order valence-electron chi connectivity index (χ2n) is 6.36. The van der Waals surface area contributed by atoms with Crippen molar-refractivity contribution in [3.63, 3.8) is 0 Å². The summed E-state index contributed by atoms with van der Waals surface area (Å²) in [5.74, 6) is -0.191. The van der Waals surface area contributed by atoms with Crippen molar-refractivity contribution >= 4 is 40.5 Å². The van der Waals surface area contributed by atoms with Crippen molar-refractivity contribution in [3.8, 4) is 0 Å². The molecule has 1 amide bonds. The molecule has 0 fully saturated rings. The standard InChI is InChI=1S/C20H20ClN3OS/c1-11-8-9-12(2)16(10-11)23-19(25)17-13(3)22-20(26)24-18(17)14-6-4-5-7-15(14)21/h4-10,18H,1-3H3,(H,23,25)(H2,22,24,26)/t18-/m0/s1. The zero-order valence-corrected chi connectivity index (χ0v) is 16.4. The highest BCUT2D eigenvalue weighted by Crippen LogP contribution is 2.32. The van der Waals surface area contributed by atoms with E-state index in [1.165, 1.54) is 0 Å². The molecule has 0 bridgehead atoms. The zero-order valence-electron chi connectivity index (χ0n) is 14.8. The normalized spacial score (nSPS) is 16.8. The number of carbonyl (C=O) groups excluding carboxylic acids is 1. The fourth-order valence-electron chi connectivity index (χ4n) is 3.00. The van der Waals surface area contributed by atoms with Crippen LogP contribution in [0.15, 0.2) is 53.7 Å². The Morgan fingerprint density at radius 3 is 2.62 bits per heavy atom. The van der Waals surface area contributed by atoms with Crippen LogP contribution < -0.4 is 16.0 Å². The lowest BCUT2D eigenvalue weighted by atomic mass is 9.94. The zero-order chi connectivity index (χ0) is 18.8. The number of thiocarbonyl (C=S) groups is 1. The number of allylic oxidation sites excluding steroid dienone is 1. The van der Waals surface area contributed by atoms with Gasteiger partial charge in [0.2, 0.25) is 0 Å². The van der Waals surface area contributed by atoms with E-state index in [1.807, 2.05) is 57.2 Å². The predicted molar refractivity (Wildman–Crippen MR) is 110 cm³/mol. The maximum absolute atomic E-state index is 13.1. The van der Waals surface area contributed by atoms with Gasteiger partial charge in [-0.3, -0.25) is 4.79 Å². The first-order valence-electron chi connectivity index (χ1n) is 8.28. The number of hydrogen-bond acceptors (Lipinski definition) is 2. The Balaban J connectivity index is 2.00. The van der Waals surface area contributed by atoms with Crippen molar-refractivity contribution < 1.29 is 4.79 Å². The molecule has 0 radical (unpaired) electrons. The highest BCUT2D eigenvalue weighted by atomic mass is 35.5. The van der Waals surface area contributed by atoms with Crippen LogP contribution >= 0.6 is 23.8 Å². The first-order chi connectivity index (χ1) is 12.4. The third-order valence-electron chi connectivity index (χ3n) is 4.37. The fourth-order valence-corrected chi connectivity index (χ4v) is 3.51. The molecule has 0 aromatic heterocycles. The highest BCUT2D eigenvalue weighted by Gasteiger charge is 2.31. The summed E-state index contributed by atoms with van der Waals surface area (Å²) in [6, 6.07) is 13.0. The Kier molecular flexibility index (Phi) is 5.30. The minimum atomic E-state index is -0.414. The van der Waals surface area contributed by atoms with Crippen molar-refractivity contribution in [2.75, 3.05) is 5.32 Å². The smallest absolute Gasteiger partial charge is 0.255 e. The van der Waals surface area contributed by atoms with Crippen molar-refractivity contribution in [1.29, 1.82) is 0 Å². The number of amides is 1. The molecule has 134 valence electrons. The number of rotatable bonds is 3. The summed E-state index contributed by atoms with van der Waals surface area (Å²) < 4.78 is 0. The van der Waals surface area contributed by atoms with Crippen LogP contribution in [-0.4, -0.2) is 11.0 Å². The molecule has 2 aromatic carbocycles. The van der Waals surface area contributed by atoms with Gasteiger partial charge in [0, 0.05) is 16.4 Å². The van der Waals surface area contributed by atoms with Gasteiger partial charge in [-0.05, 0) is 61.8 Å². The molecule has 0 spiro atoms. The Labute approximate surface area is 163 Å². The van der Waals surface area contributed by atoms with Crippen molar-refractivity contribution in [1.82, 2.24) is 10.6 Å². The van der Waals surface area contributed by atoms with E-state index in [0.717, 1.165) is 22.4 Å². The molecule has 1 aliphatic heterocycles. The van der Waals surface area contributed by atoms with Crippen LogP contribution in [0.3, 0.4) is 0 Å². The quantitative estimate of drug-likeness (QED) is 0.686. The molecule has 3 rings (SSSR count). The number of benzene rings is 2. The van der Waals surface area contributed by atoms with E-state index in [-0.39, 0.29) is 5.91 Å². The first-order valence-corrected chi connectivity index (χ1v) is 9.06. The molecule has 26 heavy (non-hydrogen) atoms. The first kappa shape index (κ1) is 18.4. The largest absolute Gasteiger partial charge is 0.351 e. The Bertz CT molecular complexity index is 923. The maximum atomic E-state index is 13.1. The number of anilines is 1. The Morgan fingerprint density at radius 2 is 1.88 bits per heavy atom. The average Bonchev–Trinajstić information content (AvgIpc) is 2.57. The van der Waals surface area contributed by atoms with Gasteiger partial charge in [-0.25, -0.2) is 0 Å². The topological polar surface area (TPSA) is 53.2 Å². The molecule has 0 saturated heterocycles. The van der Waals surface area contributed by atoms with Crippen molar-refractivity contribution in [2.45, 2.75) is 26.8 Å². The van der Waals surface area contributed by atoms with Crippen LogP contribution in [0, 0.1) is 13.8 Å². The van der Waals surface area contributed by atoms with Crippen molar-refractivity contribution in [3.05, 3.63) is 75.4 Å². The molecule has 1 atom stereocenters. The summed E-state index contributed by atoms with van der Waals surface area (Å²) in [5, 5.41) is 10.3. The van der Waals surface area contributed by atoms with E-state index in [2.05, 4.69) is 16.0 Å². The van der Waals surface area contributed by atoms with E-state index in [0.29, 0.717) is 21.4 Å². The summed E-state index contributed by atoms with van der Waals surface area (Å²) in [6.45, 7) is 5.80. The van der Waals surface area contributed by atoms with E-state index < -0.39 is 6.04 Å². The summed E-state index contributed by atoms with van der Waals surface area (Å²) >= 11 is 11.7. The van der Waals surface area contributed by atoms with Crippen LogP contribution in [0.25, 0.3) is 0 Å². The van der Waals surface area contributed by atoms with Gasteiger partial charge in [0.25, 0.3) is 5.91 Å². The average molecular weight is 386 g/mol. The number of nitrogens with one attached hydrogen (secondary N) is 3. The van der Waals surface area contributed by atoms with Crippen molar-refractivity contribution in [2.24, 2.45) is 0 Å². The van der Waals surface area contributed by atoms with Gasteiger partial charge in [0.1, 0.15) is 0 Å². The fraction of sp³-hybridized carbons (Fsp3) is 0.200. The van der Waals surface area contributed by atoms with E-state index in [4.69, 9.17) is 23.8 Å². The van der Waals surface area contributed by atoms with Gasteiger partial charge in [0.15, 0.2) is 5.11 Å². The van der Waals surface area contributed by atoms with Crippen LogP contribution in [-0.2, 0) is 4.79 Å². The molecule has 0 saturated carbocycles. The number of aryl methyl sites for hydroxylation is 2. The van der Waals surface area contributed by atoms with E-state index in [9.17, 15) is 4.79 Å².